The molecule has 5 N–H and O–H groups in total. The van der Waals surface area contributed by atoms with Gasteiger partial charge in [-0.25, -0.2) is 4.79 Å². The zero-order valence-corrected chi connectivity index (χ0v) is 13.1. The number of aliphatic hydroxyl groups is 2. The molecule has 0 amide bonds. The maximum atomic E-state index is 12.4. The van der Waals surface area contributed by atoms with Crippen molar-refractivity contribution in [1.82, 2.24) is 9.55 Å². The van der Waals surface area contributed by atoms with Gasteiger partial charge in [0.05, 0.1) is 12.7 Å². The van der Waals surface area contributed by atoms with Crippen LogP contribution in [0.4, 0.5) is 5.69 Å². The van der Waals surface area contributed by atoms with Crippen molar-refractivity contribution in [3.63, 3.8) is 0 Å². The molecule has 1 aliphatic heterocycles. The van der Waals surface area contributed by atoms with Gasteiger partial charge in [0.15, 0.2) is 5.72 Å². The van der Waals surface area contributed by atoms with Gasteiger partial charge in [-0.15, -0.1) is 0 Å². The van der Waals surface area contributed by atoms with Gasteiger partial charge in [0.1, 0.15) is 6.10 Å². The summed E-state index contributed by atoms with van der Waals surface area (Å²) in [6.07, 6.45) is -0.370. The van der Waals surface area contributed by atoms with Gasteiger partial charge in [0.2, 0.25) is 0 Å². The third-order valence-electron chi connectivity index (χ3n) is 4.31. The Hall–Kier alpha value is -2.42. The van der Waals surface area contributed by atoms with Gasteiger partial charge in [0.25, 0.3) is 5.56 Å². The molecule has 1 saturated heterocycles. The smallest absolute Gasteiger partial charge is 0.330 e. The maximum absolute atomic E-state index is 12.4. The van der Waals surface area contributed by atoms with Crippen LogP contribution in [0.1, 0.15) is 17.5 Å². The number of aromatic nitrogens is 2. The summed E-state index contributed by atoms with van der Waals surface area (Å²) in [6, 6.07) is 6.69. The Balaban J connectivity index is 2.24. The van der Waals surface area contributed by atoms with E-state index < -0.39 is 35.8 Å². The zero-order valence-electron chi connectivity index (χ0n) is 13.1. The molecule has 0 aliphatic carbocycles. The summed E-state index contributed by atoms with van der Waals surface area (Å²) >= 11 is 0. The van der Waals surface area contributed by atoms with Gasteiger partial charge in [-0.05, 0) is 19.1 Å². The fraction of sp³-hybridized carbons (Fsp3) is 0.375. The van der Waals surface area contributed by atoms with Crippen LogP contribution >= 0.6 is 0 Å². The first-order valence-corrected chi connectivity index (χ1v) is 7.53. The van der Waals surface area contributed by atoms with Gasteiger partial charge >= 0.3 is 5.69 Å². The van der Waals surface area contributed by atoms with E-state index >= 15 is 0 Å². The lowest BCUT2D eigenvalue weighted by atomic mass is 9.97. The number of aromatic amines is 1. The van der Waals surface area contributed by atoms with E-state index in [1.807, 2.05) is 0 Å². The molecule has 0 spiro atoms. The molecule has 2 heterocycles. The van der Waals surface area contributed by atoms with E-state index in [-0.39, 0.29) is 6.42 Å². The summed E-state index contributed by atoms with van der Waals surface area (Å²) < 4.78 is 7.14. The molecule has 24 heavy (non-hydrogen) atoms. The number of H-pyrrole nitrogens is 1. The van der Waals surface area contributed by atoms with Crippen molar-refractivity contribution in [2.24, 2.45) is 0 Å². The summed E-state index contributed by atoms with van der Waals surface area (Å²) in [5.74, 6) is 0. The second kappa shape index (κ2) is 5.90. The first kappa shape index (κ1) is 16.4. The van der Waals surface area contributed by atoms with Crippen molar-refractivity contribution in [2.75, 3.05) is 12.3 Å². The highest BCUT2D eigenvalue weighted by Gasteiger charge is 2.49. The first-order chi connectivity index (χ1) is 11.4. The SMILES string of the molecule is Cc1cn([C@@]2(c3ccc(N)cc3)C[C@H](O)[C@@H](CO)O2)c(=O)[nH]c1=O. The van der Waals surface area contributed by atoms with Crippen molar-refractivity contribution in [2.45, 2.75) is 31.3 Å². The van der Waals surface area contributed by atoms with Crippen LogP contribution in [0.25, 0.3) is 0 Å². The Kier molecular flexibility index (Phi) is 4.04. The molecule has 3 atom stereocenters. The molecule has 8 heteroatoms. The van der Waals surface area contributed by atoms with E-state index in [4.69, 9.17) is 10.5 Å². The van der Waals surface area contributed by atoms with Crippen molar-refractivity contribution in [3.05, 3.63) is 62.4 Å². The fourth-order valence-corrected chi connectivity index (χ4v) is 3.01. The Bertz CT molecular complexity index is 857. The molecule has 1 aromatic carbocycles. The van der Waals surface area contributed by atoms with Crippen LogP contribution in [0.2, 0.25) is 0 Å². The third-order valence-corrected chi connectivity index (χ3v) is 4.31. The Morgan fingerprint density at radius 3 is 2.62 bits per heavy atom. The van der Waals surface area contributed by atoms with Crippen molar-refractivity contribution >= 4 is 5.69 Å². The van der Waals surface area contributed by atoms with E-state index in [9.17, 15) is 19.8 Å². The van der Waals surface area contributed by atoms with Crippen LogP contribution in [-0.2, 0) is 10.5 Å². The third kappa shape index (κ3) is 2.54. The molecule has 0 saturated carbocycles. The van der Waals surface area contributed by atoms with Gasteiger partial charge in [-0.2, -0.15) is 0 Å². The number of nitrogens with zero attached hydrogens (tertiary/aromatic N) is 1. The molecule has 2 aromatic rings. The largest absolute Gasteiger partial charge is 0.399 e. The number of nitrogen functional groups attached to an aromatic ring is 1. The molecular formula is C16H19N3O5. The molecule has 128 valence electrons. The number of rotatable bonds is 3. The topological polar surface area (TPSA) is 131 Å². The van der Waals surface area contributed by atoms with Crippen LogP contribution in [0.3, 0.4) is 0 Å². The number of benzene rings is 1. The predicted molar refractivity (Wildman–Crippen MR) is 86.6 cm³/mol. The minimum absolute atomic E-state index is 0.0491. The summed E-state index contributed by atoms with van der Waals surface area (Å²) in [4.78, 5) is 26.3. The van der Waals surface area contributed by atoms with Crippen LogP contribution < -0.4 is 17.0 Å². The van der Waals surface area contributed by atoms with Gasteiger partial charge in [0, 0.05) is 29.4 Å². The highest BCUT2D eigenvalue weighted by molar-refractivity contribution is 5.41. The summed E-state index contributed by atoms with van der Waals surface area (Å²) in [5, 5.41) is 19.6. The standard InChI is InChI=1S/C16H19N3O5/c1-9-7-19(15(23)18-14(9)22)16(6-12(21)13(8-20)24-16)10-2-4-11(17)5-3-10/h2-5,7,12-13,20-21H,6,8,17H2,1H3,(H,18,22,23)/t12-,13+,16-/m0/s1. The fourth-order valence-electron chi connectivity index (χ4n) is 3.01. The summed E-state index contributed by atoms with van der Waals surface area (Å²) in [7, 11) is 0. The van der Waals surface area contributed by atoms with Crippen molar-refractivity contribution in [1.29, 1.82) is 0 Å². The average Bonchev–Trinajstić information content (AvgIpc) is 2.89. The van der Waals surface area contributed by atoms with Gasteiger partial charge < -0.3 is 20.7 Å². The Morgan fingerprint density at radius 1 is 1.38 bits per heavy atom. The van der Waals surface area contributed by atoms with Gasteiger partial charge in [-0.3, -0.25) is 14.3 Å². The average molecular weight is 333 g/mol. The zero-order chi connectivity index (χ0) is 17.5. The number of anilines is 1. The number of aliphatic hydroxyl groups excluding tert-OH is 2. The van der Waals surface area contributed by atoms with E-state index in [1.165, 1.54) is 10.8 Å². The quantitative estimate of drug-likeness (QED) is 0.548. The van der Waals surface area contributed by atoms with E-state index in [2.05, 4.69) is 4.98 Å². The molecule has 8 nitrogen and oxygen atoms in total. The molecule has 0 bridgehead atoms. The number of nitrogens with one attached hydrogen (secondary N) is 1. The second-order valence-corrected chi connectivity index (χ2v) is 5.96. The predicted octanol–water partition coefficient (Wildman–Crippen LogP) is -0.730. The summed E-state index contributed by atoms with van der Waals surface area (Å²) in [5.41, 5.74) is 4.68. The highest BCUT2D eigenvalue weighted by atomic mass is 16.6. The first-order valence-electron chi connectivity index (χ1n) is 7.53. The molecule has 0 unspecified atom stereocenters. The minimum atomic E-state index is -1.34. The summed E-state index contributed by atoms with van der Waals surface area (Å²) in [6.45, 7) is 1.18. The lowest BCUT2D eigenvalue weighted by molar-refractivity contribution is -0.0938. The number of hydrogen-bond acceptors (Lipinski definition) is 6. The van der Waals surface area contributed by atoms with Crippen molar-refractivity contribution in [3.8, 4) is 0 Å². The highest BCUT2D eigenvalue weighted by Crippen LogP contribution is 2.40. The normalized spacial score (nSPS) is 26.6. The minimum Gasteiger partial charge on any atom is -0.399 e. The van der Waals surface area contributed by atoms with E-state index in [1.54, 1.807) is 31.2 Å². The molecule has 1 aliphatic rings. The Morgan fingerprint density at radius 2 is 2.04 bits per heavy atom. The monoisotopic (exact) mass is 333 g/mol. The number of hydrogen-bond donors (Lipinski definition) is 4. The molecular weight excluding hydrogens is 314 g/mol. The van der Waals surface area contributed by atoms with Crippen LogP contribution in [0, 0.1) is 6.92 Å². The lowest BCUT2D eigenvalue weighted by Gasteiger charge is -2.31. The van der Waals surface area contributed by atoms with E-state index in [0.29, 0.717) is 16.8 Å². The van der Waals surface area contributed by atoms with Gasteiger partial charge in [-0.1, -0.05) is 12.1 Å². The number of aryl methyl sites for hydroxylation is 1. The van der Waals surface area contributed by atoms with Crippen LogP contribution in [0.15, 0.2) is 40.1 Å². The Labute approximate surface area is 137 Å². The lowest BCUT2D eigenvalue weighted by Crippen LogP contribution is -2.45. The van der Waals surface area contributed by atoms with Crippen LogP contribution in [-0.4, -0.2) is 38.6 Å². The maximum Gasteiger partial charge on any atom is 0.330 e. The van der Waals surface area contributed by atoms with E-state index in [0.717, 1.165) is 0 Å². The molecule has 0 radical (unpaired) electrons. The van der Waals surface area contributed by atoms with Crippen LogP contribution in [0.5, 0.6) is 0 Å². The number of ether oxygens (including phenoxy) is 1. The van der Waals surface area contributed by atoms with Crippen molar-refractivity contribution < 1.29 is 14.9 Å². The molecule has 1 aromatic heterocycles. The molecule has 3 rings (SSSR count). The number of nitrogens with two attached hydrogens (primary N) is 1. The molecule has 1 fully saturated rings. The second-order valence-electron chi connectivity index (χ2n) is 5.96.